The Hall–Kier alpha value is -0.850. The third-order valence-electron chi connectivity index (χ3n) is 2.89. The lowest BCUT2D eigenvalue weighted by Crippen LogP contribution is -2.46. The van der Waals surface area contributed by atoms with E-state index in [1.807, 2.05) is 0 Å². The third-order valence-corrected chi connectivity index (χ3v) is 2.89. The molecule has 6 nitrogen and oxygen atoms in total. The van der Waals surface area contributed by atoms with Gasteiger partial charge in [0.2, 0.25) is 0 Å². The van der Waals surface area contributed by atoms with E-state index < -0.39 is 0 Å². The molecule has 1 saturated heterocycles. The summed E-state index contributed by atoms with van der Waals surface area (Å²) in [4.78, 5) is 13.8. The summed E-state index contributed by atoms with van der Waals surface area (Å²) in [7, 11) is 3.30. The fourth-order valence-corrected chi connectivity index (χ4v) is 1.83. The van der Waals surface area contributed by atoms with Crippen molar-refractivity contribution in [1.82, 2.24) is 10.2 Å². The maximum absolute atomic E-state index is 12.1. The predicted octanol–water partition coefficient (Wildman–Crippen LogP) is 0.470. The van der Waals surface area contributed by atoms with Crippen LogP contribution in [0.15, 0.2) is 0 Å². The van der Waals surface area contributed by atoms with Crippen LogP contribution in [-0.4, -0.2) is 70.7 Å². The molecule has 0 bridgehead atoms. The number of nitrogens with zero attached hydrogens (tertiary/aromatic N) is 1. The van der Waals surface area contributed by atoms with Gasteiger partial charge in [-0.3, -0.25) is 0 Å². The van der Waals surface area contributed by atoms with E-state index in [9.17, 15) is 4.79 Å². The molecule has 18 heavy (non-hydrogen) atoms. The van der Waals surface area contributed by atoms with Crippen LogP contribution in [0.2, 0.25) is 0 Å². The lowest BCUT2D eigenvalue weighted by molar-refractivity contribution is 0.134. The van der Waals surface area contributed by atoms with Crippen molar-refractivity contribution in [3.05, 3.63) is 0 Å². The molecule has 0 saturated carbocycles. The summed E-state index contributed by atoms with van der Waals surface area (Å²) in [6.45, 7) is 3.82. The zero-order valence-corrected chi connectivity index (χ0v) is 11.3. The summed E-state index contributed by atoms with van der Waals surface area (Å²) in [6, 6.07) is 0.101. The third kappa shape index (κ3) is 5.66. The monoisotopic (exact) mass is 260 g/mol. The normalized spacial score (nSPS) is 18.9. The van der Waals surface area contributed by atoms with Crippen LogP contribution in [-0.2, 0) is 14.2 Å². The van der Waals surface area contributed by atoms with Gasteiger partial charge in [0, 0.05) is 40.5 Å². The van der Waals surface area contributed by atoms with Crippen molar-refractivity contribution in [2.75, 3.05) is 53.7 Å². The molecule has 1 unspecified atom stereocenters. The first kappa shape index (κ1) is 15.2. The van der Waals surface area contributed by atoms with Crippen molar-refractivity contribution in [3.8, 4) is 0 Å². The van der Waals surface area contributed by atoms with Crippen molar-refractivity contribution in [2.45, 2.75) is 18.9 Å². The van der Waals surface area contributed by atoms with Gasteiger partial charge < -0.3 is 24.4 Å². The van der Waals surface area contributed by atoms with Gasteiger partial charge in [-0.2, -0.15) is 0 Å². The van der Waals surface area contributed by atoms with Crippen LogP contribution in [0, 0.1) is 0 Å². The zero-order valence-electron chi connectivity index (χ0n) is 11.3. The summed E-state index contributed by atoms with van der Waals surface area (Å²) in [5, 5.41) is 2.98. The van der Waals surface area contributed by atoms with Crippen molar-refractivity contribution in [1.29, 1.82) is 0 Å². The Labute approximate surface area is 109 Å². The molecule has 0 aliphatic carbocycles. The zero-order chi connectivity index (χ0) is 13.2. The van der Waals surface area contributed by atoms with E-state index in [4.69, 9.17) is 14.2 Å². The van der Waals surface area contributed by atoms with E-state index in [1.54, 1.807) is 19.1 Å². The standard InChI is InChI=1S/C12H24N2O4/c1-16-7-3-5-14(6-9-17-2)12(15)13-11-4-8-18-10-11/h11H,3-10H2,1-2H3,(H,13,15). The Morgan fingerprint density at radius 3 is 2.72 bits per heavy atom. The fourth-order valence-electron chi connectivity index (χ4n) is 1.83. The predicted molar refractivity (Wildman–Crippen MR) is 67.7 cm³/mol. The average Bonchev–Trinajstić information content (AvgIpc) is 2.86. The lowest BCUT2D eigenvalue weighted by atomic mass is 10.3. The fraction of sp³-hybridized carbons (Fsp3) is 0.917. The van der Waals surface area contributed by atoms with Gasteiger partial charge in [-0.05, 0) is 12.8 Å². The molecule has 1 N–H and O–H groups in total. The summed E-state index contributed by atoms with van der Waals surface area (Å²) >= 11 is 0. The van der Waals surface area contributed by atoms with Crippen LogP contribution in [0.5, 0.6) is 0 Å². The number of hydrogen-bond acceptors (Lipinski definition) is 4. The maximum atomic E-state index is 12.1. The van der Waals surface area contributed by atoms with E-state index in [0.717, 1.165) is 19.4 Å². The highest BCUT2D eigenvalue weighted by atomic mass is 16.5. The molecule has 0 radical (unpaired) electrons. The SMILES string of the molecule is COCCCN(CCOC)C(=O)NC1CCOC1. The van der Waals surface area contributed by atoms with Gasteiger partial charge in [-0.1, -0.05) is 0 Å². The molecule has 1 heterocycles. The summed E-state index contributed by atoms with van der Waals surface area (Å²) in [5.41, 5.74) is 0. The van der Waals surface area contributed by atoms with Crippen LogP contribution < -0.4 is 5.32 Å². The van der Waals surface area contributed by atoms with Gasteiger partial charge in [0.15, 0.2) is 0 Å². The minimum Gasteiger partial charge on any atom is -0.385 e. The second kappa shape index (κ2) is 9.13. The van der Waals surface area contributed by atoms with E-state index in [2.05, 4.69) is 5.32 Å². The van der Waals surface area contributed by atoms with Gasteiger partial charge in [0.1, 0.15) is 0 Å². The van der Waals surface area contributed by atoms with Crippen LogP contribution in [0.3, 0.4) is 0 Å². The molecule has 1 aliphatic rings. The first-order chi connectivity index (χ1) is 8.77. The summed E-state index contributed by atoms with van der Waals surface area (Å²) in [6.07, 6.45) is 1.72. The highest BCUT2D eigenvalue weighted by Gasteiger charge is 2.20. The molecule has 106 valence electrons. The first-order valence-electron chi connectivity index (χ1n) is 6.39. The van der Waals surface area contributed by atoms with Gasteiger partial charge >= 0.3 is 6.03 Å². The van der Waals surface area contributed by atoms with E-state index >= 15 is 0 Å². The van der Waals surface area contributed by atoms with Crippen LogP contribution in [0.4, 0.5) is 4.79 Å². The topological polar surface area (TPSA) is 60.0 Å². The number of nitrogens with one attached hydrogen (secondary N) is 1. The summed E-state index contributed by atoms with van der Waals surface area (Å²) in [5.74, 6) is 0. The van der Waals surface area contributed by atoms with Crippen LogP contribution in [0.25, 0.3) is 0 Å². The number of amides is 2. The second-order valence-corrected chi connectivity index (χ2v) is 4.34. The Bertz CT molecular complexity index is 232. The van der Waals surface area contributed by atoms with E-state index in [-0.39, 0.29) is 12.1 Å². The van der Waals surface area contributed by atoms with E-state index in [1.165, 1.54) is 0 Å². The molecule has 0 spiro atoms. The maximum Gasteiger partial charge on any atom is 0.317 e. The highest BCUT2D eigenvalue weighted by molar-refractivity contribution is 5.74. The Morgan fingerprint density at radius 2 is 2.11 bits per heavy atom. The quantitative estimate of drug-likeness (QED) is 0.645. The molecule has 1 aliphatic heterocycles. The molecule has 1 rings (SSSR count). The van der Waals surface area contributed by atoms with E-state index in [0.29, 0.717) is 32.9 Å². The second-order valence-electron chi connectivity index (χ2n) is 4.34. The van der Waals surface area contributed by atoms with Crippen molar-refractivity contribution in [2.24, 2.45) is 0 Å². The number of carbonyl (C=O) groups excluding carboxylic acids is 1. The Balaban J connectivity index is 2.32. The van der Waals surface area contributed by atoms with Gasteiger partial charge in [-0.25, -0.2) is 4.79 Å². The largest absolute Gasteiger partial charge is 0.385 e. The molecule has 0 aromatic rings. The van der Waals surface area contributed by atoms with Crippen LogP contribution >= 0.6 is 0 Å². The molecule has 0 aromatic heterocycles. The average molecular weight is 260 g/mol. The smallest absolute Gasteiger partial charge is 0.317 e. The molecular formula is C12H24N2O4. The summed E-state index contributed by atoms with van der Waals surface area (Å²) < 4.78 is 15.3. The molecule has 6 heteroatoms. The molecule has 1 fully saturated rings. The van der Waals surface area contributed by atoms with Crippen molar-refractivity contribution in [3.63, 3.8) is 0 Å². The van der Waals surface area contributed by atoms with Crippen molar-refractivity contribution >= 4 is 6.03 Å². The number of methoxy groups -OCH3 is 2. The minimum atomic E-state index is -0.0429. The molecule has 1 atom stereocenters. The number of hydrogen-bond donors (Lipinski definition) is 1. The van der Waals surface area contributed by atoms with Crippen LogP contribution in [0.1, 0.15) is 12.8 Å². The number of urea groups is 1. The number of carbonyl (C=O) groups is 1. The van der Waals surface area contributed by atoms with Crippen molar-refractivity contribution < 1.29 is 19.0 Å². The Morgan fingerprint density at radius 1 is 1.33 bits per heavy atom. The molecule has 0 aromatic carbocycles. The van der Waals surface area contributed by atoms with Gasteiger partial charge in [0.25, 0.3) is 0 Å². The van der Waals surface area contributed by atoms with Gasteiger partial charge in [-0.15, -0.1) is 0 Å². The van der Waals surface area contributed by atoms with Gasteiger partial charge in [0.05, 0.1) is 19.3 Å². The number of ether oxygens (including phenoxy) is 3. The Kier molecular flexibility index (Phi) is 7.71. The molecular weight excluding hydrogens is 236 g/mol. The minimum absolute atomic E-state index is 0.0429. The molecule has 2 amide bonds. The highest BCUT2D eigenvalue weighted by Crippen LogP contribution is 2.04. The lowest BCUT2D eigenvalue weighted by Gasteiger charge is -2.24. The number of rotatable bonds is 8. The first-order valence-corrected chi connectivity index (χ1v) is 6.39.